The third-order valence-corrected chi connectivity index (χ3v) is 7.02. The van der Waals surface area contributed by atoms with Gasteiger partial charge in [0.25, 0.3) is 0 Å². The van der Waals surface area contributed by atoms with E-state index in [0.29, 0.717) is 5.56 Å². The highest BCUT2D eigenvalue weighted by Crippen LogP contribution is 2.57. The van der Waals surface area contributed by atoms with Gasteiger partial charge in [-0.15, -0.1) is 0 Å². The highest BCUT2D eigenvalue weighted by molar-refractivity contribution is 6.37. The molecule has 0 saturated carbocycles. The number of ether oxygens (including phenoxy) is 1. The zero-order valence-corrected chi connectivity index (χ0v) is 18.1. The highest BCUT2D eigenvalue weighted by atomic mass is 16.8. The molecule has 9 heteroatoms. The van der Waals surface area contributed by atoms with Gasteiger partial charge in [-0.3, -0.25) is 19.2 Å². The number of nitrogens with one attached hydrogen (secondary N) is 1. The molecule has 4 atom stereocenters. The minimum Gasteiger partial charge on any atom is -0.595 e. The topological polar surface area (TPSA) is 128 Å². The molecule has 3 aromatic rings. The maximum atomic E-state index is 13.9. The molecule has 2 aliphatic heterocycles. The fraction of sp³-hybridized carbons (Fsp3) is 0.154. The summed E-state index contributed by atoms with van der Waals surface area (Å²) in [7, 11) is 0. The summed E-state index contributed by atoms with van der Waals surface area (Å²) in [5, 5.41) is 20.2. The second-order valence-electron chi connectivity index (χ2n) is 8.73. The van der Waals surface area contributed by atoms with Crippen LogP contribution in [0, 0.1) is 17.0 Å². The van der Waals surface area contributed by atoms with E-state index in [4.69, 9.17) is 4.74 Å². The molecule has 1 spiro atoms. The second-order valence-corrected chi connectivity index (χ2v) is 8.73. The largest absolute Gasteiger partial charge is 0.595 e. The molecular formula is C26H18N2O7. The molecule has 2 saturated heterocycles. The molecule has 3 aliphatic rings. The Bertz CT molecular complexity index is 1380. The van der Waals surface area contributed by atoms with Gasteiger partial charge in [-0.1, -0.05) is 66.7 Å². The number of quaternary nitrogens is 1. The van der Waals surface area contributed by atoms with Crippen molar-refractivity contribution in [2.24, 2.45) is 11.8 Å². The quantitative estimate of drug-likeness (QED) is 0.339. The van der Waals surface area contributed by atoms with Crippen molar-refractivity contribution in [3.8, 4) is 0 Å². The number of fused-ring (bicyclic) bond motifs is 3. The number of hydrogen-bond acceptors (Lipinski definition) is 7. The number of nitrogens with zero attached hydrogens (tertiary/aromatic N) is 1. The minimum atomic E-state index is -2.20. The maximum Gasteiger partial charge on any atom is 0.241 e. The van der Waals surface area contributed by atoms with Crippen molar-refractivity contribution in [3.05, 3.63) is 101 Å². The van der Waals surface area contributed by atoms with Crippen LogP contribution in [0.2, 0.25) is 0 Å². The van der Waals surface area contributed by atoms with Crippen LogP contribution in [0.1, 0.15) is 32.4 Å². The van der Waals surface area contributed by atoms with E-state index in [1.165, 1.54) is 36.4 Å². The van der Waals surface area contributed by atoms with Gasteiger partial charge in [0.2, 0.25) is 29.0 Å². The molecule has 3 aromatic carbocycles. The Morgan fingerprint density at radius 3 is 2.00 bits per heavy atom. The van der Waals surface area contributed by atoms with E-state index in [1.807, 2.05) is 0 Å². The number of amides is 2. The summed E-state index contributed by atoms with van der Waals surface area (Å²) >= 11 is 0. The zero-order valence-electron chi connectivity index (χ0n) is 18.1. The smallest absolute Gasteiger partial charge is 0.241 e. The average molecular weight is 470 g/mol. The van der Waals surface area contributed by atoms with Gasteiger partial charge in [-0.05, 0) is 11.6 Å². The summed E-state index contributed by atoms with van der Waals surface area (Å²) in [4.78, 5) is 55.9. The Balaban J connectivity index is 1.56. The van der Waals surface area contributed by atoms with E-state index in [9.17, 15) is 29.6 Å². The molecule has 1 unspecified atom stereocenters. The zero-order chi connectivity index (χ0) is 24.5. The molecule has 2 fully saturated rings. The van der Waals surface area contributed by atoms with Crippen LogP contribution >= 0.6 is 0 Å². The summed E-state index contributed by atoms with van der Waals surface area (Å²) in [6.45, 7) is 0. The summed E-state index contributed by atoms with van der Waals surface area (Å²) in [6, 6.07) is 20.5. The molecule has 174 valence electrons. The van der Waals surface area contributed by atoms with Gasteiger partial charge >= 0.3 is 0 Å². The Labute approximate surface area is 198 Å². The average Bonchev–Trinajstić information content (AvgIpc) is 3.44. The first-order valence-corrected chi connectivity index (χ1v) is 11.0. The van der Waals surface area contributed by atoms with Gasteiger partial charge in [-0.25, -0.2) is 10.1 Å². The van der Waals surface area contributed by atoms with Crippen LogP contribution in [-0.2, 0) is 14.3 Å². The SMILES string of the molecule is O=C1[C@H]2[C@@H](c3ccccc3)OC3(C(=O)c4ccccc4C3=O)[C@@H]2C(=O)N1c1ccccc1[NH+]([O-])O. The van der Waals surface area contributed by atoms with Gasteiger partial charge in [0.05, 0.1) is 17.9 Å². The first-order valence-electron chi connectivity index (χ1n) is 11.0. The number of benzene rings is 3. The molecule has 2 heterocycles. The van der Waals surface area contributed by atoms with Crippen LogP contribution in [0.4, 0.5) is 11.4 Å². The van der Waals surface area contributed by atoms with Crippen molar-refractivity contribution >= 4 is 34.8 Å². The van der Waals surface area contributed by atoms with Crippen LogP contribution in [0.15, 0.2) is 78.9 Å². The van der Waals surface area contributed by atoms with Gasteiger partial charge in [0, 0.05) is 17.2 Å². The third kappa shape index (κ3) is 2.71. The predicted molar refractivity (Wildman–Crippen MR) is 120 cm³/mol. The molecule has 2 N–H and O–H groups in total. The lowest BCUT2D eigenvalue weighted by Crippen LogP contribution is -2.99. The summed E-state index contributed by atoms with van der Waals surface area (Å²) in [5.41, 5.74) is -1.75. The predicted octanol–water partition coefficient (Wildman–Crippen LogP) is 1.79. The molecule has 0 radical (unpaired) electrons. The Morgan fingerprint density at radius 1 is 0.800 bits per heavy atom. The van der Waals surface area contributed by atoms with Gasteiger partial charge in [-0.2, -0.15) is 5.23 Å². The van der Waals surface area contributed by atoms with Gasteiger partial charge < -0.3 is 9.94 Å². The molecule has 0 aromatic heterocycles. The number of anilines is 1. The Hall–Kier alpha value is -4.02. The molecule has 35 heavy (non-hydrogen) atoms. The van der Waals surface area contributed by atoms with Gasteiger partial charge in [0.1, 0.15) is 5.69 Å². The summed E-state index contributed by atoms with van der Waals surface area (Å²) in [5.74, 6) is -5.50. The van der Waals surface area contributed by atoms with E-state index in [1.54, 1.807) is 42.5 Å². The third-order valence-electron chi connectivity index (χ3n) is 7.02. The number of para-hydroxylation sites is 2. The standard InChI is InChI=1S/C26H18N2O7/c29-22-15-10-4-5-11-16(15)23(30)26(22)20-19(21(35-26)14-8-2-1-3-9-14)24(31)27(25(20)32)17-12-6-7-13-18(17)28(33)34/h1-13,19-21,28,33H/t19-,20+,21-/m1/s1. The number of carbonyl (C=O) groups excluding carboxylic acids is 4. The first-order chi connectivity index (χ1) is 16.9. The van der Waals surface area contributed by atoms with Crippen molar-refractivity contribution in [2.75, 3.05) is 4.90 Å². The Morgan fingerprint density at radius 2 is 1.37 bits per heavy atom. The number of carbonyl (C=O) groups is 4. The number of Topliss-reactive ketones (excluding diaryl/α,β-unsaturated/α-hetero) is 2. The van der Waals surface area contributed by atoms with Crippen LogP contribution < -0.4 is 10.1 Å². The van der Waals surface area contributed by atoms with Crippen molar-refractivity contribution in [2.45, 2.75) is 11.7 Å². The van der Waals surface area contributed by atoms with Crippen LogP contribution in [-0.4, -0.2) is 34.2 Å². The minimum absolute atomic E-state index is 0.109. The lowest BCUT2D eigenvalue weighted by atomic mass is 9.77. The van der Waals surface area contributed by atoms with E-state index in [0.717, 1.165) is 4.90 Å². The van der Waals surface area contributed by atoms with Crippen molar-refractivity contribution in [1.82, 2.24) is 0 Å². The van der Waals surface area contributed by atoms with E-state index in [-0.39, 0.29) is 22.5 Å². The van der Waals surface area contributed by atoms with Crippen molar-refractivity contribution < 1.29 is 34.3 Å². The lowest BCUT2D eigenvalue weighted by molar-refractivity contribution is -0.990. The van der Waals surface area contributed by atoms with Crippen molar-refractivity contribution in [1.29, 1.82) is 0 Å². The molecule has 9 nitrogen and oxygen atoms in total. The number of rotatable bonds is 3. The molecule has 1 aliphatic carbocycles. The normalized spacial score (nSPS) is 25.3. The number of ketones is 2. The Kier molecular flexibility index (Phi) is 4.60. The molecule has 2 amide bonds. The van der Waals surface area contributed by atoms with Crippen LogP contribution in [0.25, 0.3) is 0 Å². The van der Waals surface area contributed by atoms with E-state index in [2.05, 4.69) is 0 Å². The van der Waals surface area contributed by atoms with E-state index >= 15 is 0 Å². The van der Waals surface area contributed by atoms with Crippen LogP contribution in [0.5, 0.6) is 0 Å². The fourth-order valence-corrected chi connectivity index (χ4v) is 5.55. The van der Waals surface area contributed by atoms with E-state index < -0.39 is 52.1 Å². The first kappa shape index (κ1) is 21.5. The van der Waals surface area contributed by atoms with Crippen molar-refractivity contribution in [3.63, 3.8) is 0 Å². The summed E-state index contributed by atoms with van der Waals surface area (Å²) in [6.07, 6.45) is -1.05. The molecular weight excluding hydrogens is 452 g/mol. The highest BCUT2D eigenvalue weighted by Gasteiger charge is 2.75. The number of imide groups is 1. The molecule has 6 rings (SSSR count). The number of hydrogen-bond donors (Lipinski definition) is 2. The molecule has 0 bridgehead atoms. The van der Waals surface area contributed by atoms with Gasteiger partial charge in [0.15, 0.2) is 5.69 Å². The monoisotopic (exact) mass is 470 g/mol. The summed E-state index contributed by atoms with van der Waals surface area (Å²) < 4.78 is 6.19. The lowest BCUT2D eigenvalue weighted by Gasteiger charge is -2.28. The maximum absolute atomic E-state index is 13.9. The second kappa shape index (κ2) is 7.49. The fourth-order valence-electron chi connectivity index (χ4n) is 5.55. The van der Waals surface area contributed by atoms with Crippen LogP contribution in [0.3, 0.4) is 0 Å².